The smallest absolute Gasteiger partial charge is 0.306 e. The van der Waals surface area contributed by atoms with Crippen LogP contribution in [0.4, 0.5) is 0 Å². The predicted molar refractivity (Wildman–Crippen MR) is 339 cm³/mol. The molecule has 0 aromatic carbocycles. The van der Waals surface area contributed by atoms with Gasteiger partial charge < -0.3 is 14.2 Å². The Morgan fingerprint density at radius 1 is 0.256 bits per heavy atom. The van der Waals surface area contributed by atoms with Crippen LogP contribution in [-0.2, 0) is 28.6 Å². The first-order chi connectivity index (χ1) is 38.5. The Kier molecular flexibility index (Phi) is 64.2. The van der Waals surface area contributed by atoms with Crippen LogP contribution in [0.2, 0.25) is 0 Å². The van der Waals surface area contributed by atoms with Crippen molar-refractivity contribution in [2.24, 2.45) is 0 Å². The van der Waals surface area contributed by atoms with Gasteiger partial charge in [-0.25, -0.2) is 0 Å². The number of ether oxygens (including phenoxy) is 3. The molecule has 0 N–H and O–H groups in total. The predicted octanol–water partition coefficient (Wildman–Crippen LogP) is 23.5. The number of hydrogen-bond acceptors (Lipinski definition) is 6. The number of carbonyl (C=O) groups is 3. The van der Waals surface area contributed by atoms with Crippen LogP contribution >= 0.6 is 0 Å². The van der Waals surface area contributed by atoms with Crippen molar-refractivity contribution in [3.8, 4) is 0 Å². The van der Waals surface area contributed by atoms with E-state index in [1.165, 1.54) is 225 Å². The summed E-state index contributed by atoms with van der Waals surface area (Å²) in [5, 5.41) is 0. The molecular weight excluding hydrogens is 961 g/mol. The van der Waals surface area contributed by atoms with Crippen molar-refractivity contribution >= 4 is 17.9 Å². The summed E-state index contributed by atoms with van der Waals surface area (Å²) in [5.74, 6) is -0.885. The van der Waals surface area contributed by atoms with E-state index in [1.807, 2.05) is 0 Å². The van der Waals surface area contributed by atoms with Crippen molar-refractivity contribution in [2.45, 2.75) is 367 Å². The minimum absolute atomic E-state index is 0.0791. The molecule has 0 fully saturated rings. The fourth-order valence-electron chi connectivity index (χ4n) is 10.0. The van der Waals surface area contributed by atoms with E-state index >= 15 is 0 Å². The van der Waals surface area contributed by atoms with Crippen molar-refractivity contribution in [3.63, 3.8) is 0 Å². The molecule has 0 aromatic rings. The number of esters is 3. The topological polar surface area (TPSA) is 78.9 Å². The molecule has 0 aromatic heterocycles. The lowest BCUT2D eigenvalue weighted by Gasteiger charge is -2.18. The molecule has 0 aliphatic carbocycles. The molecule has 0 rings (SSSR count). The van der Waals surface area contributed by atoms with E-state index in [-0.39, 0.29) is 31.1 Å². The molecule has 0 saturated heterocycles. The van der Waals surface area contributed by atoms with Gasteiger partial charge in [0.25, 0.3) is 0 Å². The maximum absolute atomic E-state index is 12.9. The Labute approximate surface area is 485 Å². The normalized spacial score (nSPS) is 12.4. The van der Waals surface area contributed by atoms with E-state index in [4.69, 9.17) is 14.2 Å². The van der Waals surface area contributed by atoms with Crippen LogP contribution < -0.4 is 0 Å². The summed E-state index contributed by atoms with van der Waals surface area (Å²) in [5.41, 5.74) is 0. The fraction of sp³-hybridized carbons (Fsp3) is 0.819. The van der Waals surface area contributed by atoms with E-state index < -0.39 is 6.10 Å². The molecule has 0 aliphatic heterocycles. The number of allylic oxidation sites excluding steroid dienone is 10. The van der Waals surface area contributed by atoms with Crippen molar-refractivity contribution in [2.75, 3.05) is 13.2 Å². The number of rotatable bonds is 63. The van der Waals surface area contributed by atoms with Crippen LogP contribution in [0.1, 0.15) is 361 Å². The molecule has 6 nitrogen and oxygen atoms in total. The molecule has 1 atom stereocenters. The van der Waals surface area contributed by atoms with Gasteiger partial charge in [-0.05, 0) is 109 Å². The molecule has 78 heavy (non-hydrogen) atoms. The zero-order chi connectivity index (χ0) is 56.4. The molecule has 0 spiro atoms. The highest BCUT2D eigenvalue weighted by Crippen LogP contribution is 2.17. The molecule has 0 radical (unpaired) electrons. The summed E-state index contributed by atoms with van der Waals surface area (Å²) >= 11 is 0. The lowest BCUT2D eigenvalue weighted by molar-refractivity contribution is -0.167. The number of hydrogen-bond donors (Lipinski definition) is 0. The third-order valence-corrected chi connectivity index (χ3v) is 15.2. The zero-order valence-electron chi connectivity index (χ0n) is 52.2. The van der Waals surface area contributed by atoms with Gasteiger partial charge in [-0.2, -0.15) is 0 Å². The molecular formula is C72H130O6. The fourth-order valence-corrected chi connectivity index (χ4v) is 10.0. The van der Waals surface area contributed by atoms with Crippen LogP contribution in [0.5, 0.6) is 0 Å². The summed E-state index contributed by atoms with van der Waals surface area (Å²) in [4.78, 5) is 38.3. The first-order valence-electron chi connectivity index (χ1n) is 34.3. The first-order valence-corrected chi connectivity index (χ1v) is 34.3. The van der Waals surface area contributed by atoms with Gasteiger partial charge in [0.2, 0.25) is 0 Å². The van der Waals surface area contributed by atoms with E-state index in [1.54, 1.807) is 0 Å². The molecule has 1 unspecified atom stereocenters. The Balaban J connectivity index is 4.09. The van der Waals surface area contributed by atoms with Gasteiger partial charge in [0.15, 0.2) is 6.10 Å². The zero-order valence-corrected chi connectivity index (χ0v) is 52.2. The SMILES string of the molecule is CCCCC/C=C\C/C=C\CCCCCCCC(=O)OC(COC(=O)CCCCCCC/C=C\CCCCC)COC(=O)CCCCCCCCCCCCCCCCCCCCCCC/C=C\C/C=C\CCCCCCC. The molecule has 0 saturated carbocycles. The highest BCUT2D eigenvalue weighted by Gasteiger charge is 2.19. The Hall–Kier alpha value is -2.89. The molecule has 0 heterocycles. The van der Waals surface area contributed by atoms with E-state index in [2.05, 4.69) is 81.5 Å². The lowest BCUT2D eigenvalue weighted by atomic mass is 10.0. The van der Waals surface area contributed by atoms with Crippen LogP contribution in [0.15, 0.2) is 60.8 Å². The third-order valence-electron chi connectivity index (χ3n) is 15.2. The average molecular weight is 1090 g/mol. The van der Waals surface area contributed by atoms with Gasteiger partial charge in [0.05, 0.1) is 0 Å². The second-order valence-electron chi connectivity index (χ2n) is 23.1. The molecule has 0 aliphatic rings. The molecule has 0 bridgehead atoms. The second kappa shape index (κ2) is 66.6. The summed E-state index contributed by atoms with van der Waals surface area (Å²) in [6.45, 7) is 6.60. The average Bonchev–Trinajstić information content (AvgIpc) is 3.44. The van der Waals surface area contributed by atoms with Crippen molar-refractivity contribution in [3.05, 3.63) is 60.8 Å². The highest BCUT2D eigenvalue weighted by atomic mass is 16.6. The van der Waals surface area contributed by atoms with Gasteiger partial charge in [0, 0.05) is 19.3 Å². The molecule has 0 amide bonds. The Bertz CT molecular complexity index is 1390. The van der Waals surface area contributed by atoms with Crippen molar-refractivity contribution < 1.29 is 28.6 Å². The van der Waals surface area contributed by atoms with Crippen LogP contribution in [-0.4, -0.2) is 37.2 Å². The van der Waals surface area contributed by atoms with E-state index in [0.717, 1.165) is 96.3 Å². The molecule has 6 heteroatoms. The summed E-state index contributed by atoms with van der Waals surface area (Å²) in [6, 6.07) is 0. The van der Waals surface area contributed by atoms with Crippen LogP contribution in [0, 0.1) is 0 Å². The highest BCUT2D eigenvalue weighted by molar-refractivity contribution is 5.71. The van der Waals surface area contributed by atoms with Crippen molar-refractivity contribution in [1.82, 2.24) is 0 Å². The first kappa shape index (κ1) is 75.1. The second-order valence-corrected chi connectivity index (χ2v) is 23.1. The Morgan fingerprint density at radius 2 is 0.462 bits per heavy atom. The summed E-state index contributed by atoms with van der Waals surface area (Å²) < 4.78 is 16.9. The van der Waals surface area contributed by atoms with Gasteiger partial charge in [-0.1, -0.05) is 293 Å². The quantitative estimate of drug-likeness (QED) is 0.0261. The largest absolute Gasteiger partial charge is 0.462 e. The van der Waals surface area contributed by atoms with Crippen LogP contribution in [0.3, 0.4) is 0 Å². The summed E-state index contributed by atoms with van der Waals surface area (Å²) in [6.07, 6.45) is 85.5. The van der Waals surface area contributed by atoms with Crippen molar-refractivity contribution in [1.29, 1.82) is 0 Å². The van der Waals surface area contributed by atoms with Crippen LogP contribution in [0.25, 0.3) is 0 Å². The summed E-state index contributed by atoms with van der Waals surface area (Å²) in [7, 11) is 0. The minimum atomic E-state index is -0.783. The van der Waals surface area contributed by atoms with Gasteiger partial charge in [-0.15, -0.1) is 0 Å². The van der Waals surface area contributed by atoms with Gasteiger partial charge >= 0.3 is 17.9 Å². The minimum Gasteiger partial charge on any atom is -0.462 e. The number of unbranched alkanes of at least 4 members (excludes halogenated alkanes) is 42. The monoisotopic (exact) mass is 1090 g/mol. The maximum atomic E-state index is 12.9. The lowest BCUT2D eigenvalue weighted by Crippen LogP contribution is -2.30. The van der Waals surface area contributed by atoms with E-state index in [0.29, 0.717) is 19.3 Å². The van der Waals surface area contributed by atoms with Gasteiger partial charge in [-0.3, -0.25) is 14.4 Å². The maximum Gasteiger partial charge on any atom is 0.306 e. The van der Waals surface area contributed by atoms with E-state index in [9.17, 15) is 14.4 Å². The third kappa shape index (κ3) is 63.9. The Morgan fingerprint density at radius 3 is 0.744 bits per heavy atom. The standard InChI is InChI=1S/C72H130O6/c1-4-7-10-13-16-19-22-25-27-28-29-30-31-32-33-34-35-36-37-38-39-40-41-42-43-44-46-47-50-53-56-59-62-65-71(74)77-68-69(67-76-70(73)64-61-58-55-52-49-24-21-18-15-12-9-6-3)78-72(75)66-63-60-57-54-51-48-45-26-23-20-17-14-11-8-5-2/h17-18,20-22,25-26,28-29,45,69H,4-16,19,23-24,27,30-44,46-68H2,1-3H3/b20-17-,21-18-,25-22-,29-28-,45-26-. The van der Waals surface area contributed by atoms with Gasteiger partial charge in [0.1, 0.15) is 13.2 Å². The number of carbonyl (C=O) groups excluding carboxylic acids is 3. The molecule has 454 valence electrons.